The van der Waals surface area contributed by atoms with Gasteiger partial charge < -0.3 is 10.2 Å². The fourth-order valence-corrected chi connectivity index (χ4v) is 4.80. The van der Waals surface area contributed by atoms with E-state index in [4.69, 9.17) is 0 Å². The zero-order valence-corrected chi connectivity index (χ0v) is 17.6. The average Bonchev–Trinajstić information content (AvgIpc) is 3.22. The molecular weight excluding hydrogens is 364 g/mol. The number of likely N-dealkylation sites (tertiary alicyclic amines) is 1. The summed E-state index contributed by atoms with van der Waals surface area (Å²) < 4.78 is 1.42. The maximum atomic E-state index is 13.1. The third-order valence-corrected chi connectivity index (χ3v) is 6.45. The van der Waals surface area contributed by atoms with E-state index in [0.717, 1.165) is 31.8 Å². The van der Waals surface area contributed by atoms with Crippen LogP contribution in [0.5, 0.6) is 0 Å². The van der Waals surface area contributed by atoms with Gasteiger partial charge in [0.25, 0.3) is 11.5 Å². The van der Waals surface area contributed by atoms with Crippen LogP contribution in [0.15, 0.2) is 29.1 Å². The molecule has 1 saturated heterocycles. The van der Waals surface area contributed by atoms with Gasteiger partial charge in [-0.2, -0.15) is 5.10 Å². The molecule has 1 aromatic carbocycles. The molecule has 1 N–H and O–H groups in total. The first kappa shape index (κ1) is 20.1. The molecule has 0 radical (unpaired) electrons. The molecule has 0 unspecified atom stereocenters. The highest BCUT2D eigenvalue weighted by Gasteiger charge is 2.26. The Morgan fingerprint density at radius 2 is 1.76 bits per heavy atom. The highest BCUT2D eigenvalue weighted by atomic mass is 16.2. The number of benzene rings is 1. The number of hydrogen-bond acceptors (Lipinski definition) is 4. The summed E-state index contributed by atoms with van der Waals surface area (Å²) in [4.78, 5) is 28.3. The van der Waals surface area contributed by atoms with Crippen molar-refractivity contribution in [3.8, 4) is 0 Å². The summed E-state index contributed by atoms with van der Waals surface area (Å²) >= 11 is 0. The second kappa shape index (κ2) is 8.66. The summed E-state index contributed by atoms with van der Waals surface area (Å²) in [5, 5.41) is 8.79. The first-order valence-electron chi connectivity index (χ1n) is 11.1. The third-order valence-electron chi connectivity index (χ3n) is 6.45. The number of aromatic nitrogens is 2. The van der Waals surface area contributed by atoms with Crippen LogP contribution in [0.1, 0.15) is 68.9 Å². The van der Waals surface area contributed by atoms with Gasteiger partial charge in [-0.05, 0) is 51.5 Å². The Hall–Kier alpha value is -2.21. The summed E-state index contributed by atoms with van der Waals surface area (Å²) in [6.45, 7) is 7.12. The van der Waals surface area contributed by atoms with Crippen LogP contribution >= 0.6 is 0 Å². The van der Waals surface area contributed by atoms with Crippen LogP contribution in [-0.2, 0) is 0 Å². The van der Waals surface area contributed by atoms with Gasteiger partial charge >= 0.3 is 0 Å². The van der Waals surface area contributed by atoms with Crippen LogP contribution in [0.3, 0.4) is 0 Å². The number of carbonyl (C=O) groups excluding carboxylic acids is 1. The Kier molecular flexibility index (Phi) is 5.99. The lowest BCUT2D eigenvalue weighted by Crippen LogP contribution is -2.46. The Labute approximate surface area is 172 Å². The second-order valence-corrected chi connectivity index (χ2v) is 8.94. The van der Waals surface area contributed by atoms with Crippen molar-refractivity contribution in [2.45, 2.75) is 64.5 Å². The van der Waals surface area contributed by atoms with Crippen molar-refractivity contribution in [3.05, 3.63) is 40.3 Å². The van der Waals surface area contributed by atoms with E-state index in [2.05, 4.69) is 15.3 Å². The predicted molar refractivity (Wildman–Crippen MR) is 115 cm³/mol. The van der Waals surface area contributed by atoms with Gasteiger partial charge in [-0.1, -0.05) is 31.0 Å². The fourth-order valence-electron chi connectivity index (χ4n) is 4.80. The van der Waals surface area contributed by atoms with Crippen LogP contribution < -0.4 is 10.9 Å². The average molecular weight is 397 g/mol. The van der Waals surface area contributed by atoms with Crippen LogP contribution in [0, 0.1) is 5.92 Å². The number of carbonyl (C=O) groups is 1. The maximum Gasteiger partial charge on any atom is 0.274 e. The molecule has 0 atom stereocenters. The van der Waals surface area contributed by atoms with Gasteiger partial charge in [0, 0.05) is 31.1 Å². The molecule has 6 heteroatoms. The summed E-state index contributed by atoms with van der Waals surface area (Å²) in [6.07, 6.45) is 7.47. The number of piperidine rings is 1. The fraction of sp³-hybridized carbons (Fsp3) is 0.609. The van der Waals surface area contributed by atoms with E-state index in [-0.39, 0.29) is 23.6 Å². The van der Waals surface area contributed by atoms with Crippen molar-refractivity contribution in [2.24, 2.45) is 5.92 Å². The highest BCUT2D eigenvalue weighted by molar-refractivity contribution is 6.04. The topological polar surface area (TPSA) is 67.2 Å². The minimum atomic E-state index is -0.176. The standard InChI is InChI=1S/C23H32N4O2/c1-16(2)27-23(29)20-10-6-5-9-19(20)21(25-27)22(28)24-18-11-13-26(14-12-18)15-17-7-3-4-8-17/h5-6,9-10,16-18H,3-4,7-8,11-15H2,1-2H3,(H,24,28). The number of rotatable bonds is 5. The highest BCUT2D eigenvalue weighted by Crippen LogP contribution is 2.26. The Bertz CT molecular complexity index is 922. The Morgan fingerprint density at radius 3 is 2.41 bits per heavy atom. The van der Waals surface area contributed by atoms with Crippen molar-refractivity contribution >= 4 is 16.7 Å². The Balaban J connectivity index is 1.46. The van der Waals surface area contributed by atoms with Crippen molar-refractivity contribution in [1.29, 1.82) is 0 Å². The molecule has 1 aromatic heterocycles. The van der Waals surface area contributed by atoms with E-state index in [9.17, 15) is 9.59 Å². The normalized spacial score (nSPS) is 19.3. The first-order valence-corrected chi connectivity index (χ1v) is 11.1. The van der Waals surface area contributed by atoms with Crippen molar-refractivity contribution in [3.63, 3.8) is 0 Å². The van der Waals surface area contributed by atoms with E-state index < -0.39 is 0 Å². The lowest BCUT2D eigenvalue weighted by molar-refractivity contribution is 0.0900. The summed E-state index contributed by atoms with van der Waals surface area (Å²) in [5.74, 6) is 0.693. The number of hydrogen-bond donors (Lipinski definition) is 1. The van der Waals surface area contributed by atoms with Gasteiger partial charge in [0.1, 0.15) is 0 Å². The van der Waals surface area contributed by atoms with E-state index in [1.807, 2.05) is 32.0 Å². The van der Waals surface area contributed by atoms with Gasteiger partial charge in [-0.25, -0.2) is 4.68 Å². The zero-order chi connectivity index (χ0) is 20.4. The lowest BCUT2D eigenvalue weighted by atomic mass is 10.0. The predicted octanol–water partition coefficient (Wildman–Crippen LogP) is 3.36. The molecule has 4 rings (SSSR count). The summed E-state index contributed by atoms with van der Waals surface area (Å²) in [5.41, 5.74) is 0.203. The van der Waals surface area contributed by atoms with E-state index in [1.54, 1.807) is 6.07 Å². The number of amides is 1. The molecule has 156 valence electrons. The summed E-state index contributed by atoms with van der Waals surface area (Å²) in [6, 6.07) is 7.33. The van der Waals surface area contributed by atoms with Gasteiger partial charge in [-0.3, -0.25) is 9.59 Å². The van der Waals surface area contributed by atoms with Crippen molar-refractivity contribution in [1.82, 2.24) is 20.0 Å². The van der Waals surface area contributed by atoms with Crippen molar-refractivity contribution < 1.29 is 4.79 Å². The van der Waals surface area contributed by atoms with Crippen LogP contribution in [0.25, 0.3) is 10.8 Å². The second-order valence-electron chi connectivity index (χ2n) is 8.94. The van der Waals surface area contributed by atoms with E-state index >= 15 is 0 Å². The molecule has 0 bridgehead atoms. The maximum absolute atomic E-state index is 13.1. The van der Waals surface area contributed by atoms with Gasteiger partial charge in [0.05, 0.1) is 11.4 Å². The molecule has 1 amide bonds. The number of fused-ring (bicyclic) bond motifs is 1. The molecule has 1 saturated carbocycles. The molecule has 29 heavy (non-hydrogen) atoms. The van der Waals surface area contributed by atoms with E-state index in [1.165, 1.54) is 36.9 Å². The zero-order valence-electron chi connectivity index (χ0n) is 17.6. The van der Waals surface area contributed by atoms with Crippen molar-refractivity contribution in [2.75, 3.05) is 19.6 Å². The van der Waals surface area contributed by atoms with Crippen LogP contribution in [0.2, 0.25) is 0 Å². The number of nitrogens with one attached hydrogen (secondary N) is 1. The molecule has 6 nitrogen and oxygen atoms in total. The van der Waals surface area contributed by atoms with Crippen LogP contribution in [-0.4, -0.2) is 46.3 Å². The van der Waals surface area contributed by atoms with Gasteiger partial charge in [-0.15, -0.1) is 0 Å². The third kappa shape index (κ3) is 4.37. The summed E-state index contributed by atoms with van der Waals surface area (Å²) in [7, 11) is 0. The minimum Gasteiger partial charge on any atom is -0.348 e. The molecule has 2 aliphatic rings. The van der Waals surface area contributed by atoms with Gasteiger partial charge in [0.15, 0.2) is 5.69 Å². The molecule has 2 heterocycles. The SMILES string of the molecule is CC(C)n1nc(C(=O)NC2CCN(CC3CCCC3)CC2)c2ccccc2c1=O. The minimum absolute atomic E-state index is 0.0996. The van der Waals surface area contributed by atoms with Gasteiger partial charge in [0.2, 0.25) is 0 Å². The number of nitrogens with zero attached hydrogens (tertiary/aromatic N) is 3. The van der Waals surface area contributed by atoms with E-state index in [0.29, 0.717) is 16.5 Å². The first-order chi connectivity index (χ1) is 14.0. The molecule has 0 spiro atoms. The largest absolute Gasteiger partial charge is 0.348 e. The molecule has 1 aliphatic carbocycles. The lowest BCUT2D eigenvalue weighted by Gasteiger charge is -2.33. The molecule has 2 aromatic rings. The quantitative estimate of drug-likeness (QED) is 0.842. The van der Waals surface area contributed by atoms with Crippen LogP contribution in [0.4, 0.5) is 0 Å². The Morgan fingerprint density at radius 1 is 1.10 bits per heavy atom. The monoisotopic (exact) mass is 396 g/mol. The molecule has 1 aliphatic heterocycles. The smallest absolute Gasteiger partial charge is 0.274 e. The molecule has 2 fully saturated rings. The molecular formula is C23H32N4O2.